The summed E-state index contributed by atoms with van der Waals surface area (Å²) in [6.07, 6.45) is 0. The molecule has 1 aromatic rings. The Kier molecular flexibility index (Phi) is 3.78. The highest BCUT2D eigenvalue weighted by Gasteiger charge is 2.24. The first kappa shape index (κ1) is 11.8. The van der Waals surface area contributed by atoms with E-state index in [9.17, 15) is 0 Å². The molecule has 1 heterocycles. The van der Waals surface area contributed by atoms with Crippen molar-refractivity contribution in [3.63, 3.8) is 0 Å². The third kappa shape index (κ3) is 2.39. The van der Waals surface area contributed by atoms with Crippen LogP contribution in [0.1, 0.15) is 19.4 Å². The van der Waals surface area contributed by atoms with Gasteiger partial charge in [0.1, 0.15) is 5.15 Å². The molecule has 0 bridgehead atoms. The average Bonchev–Trinajstić information content (AvgIpc) is 2.17. The van der Waals surface area contributed by atoms with Gasteiger partial charge in [0.25, 0.3) is 0 Å². The predicted octanol–water partition coefficient (Wildman–Crippen LogP) is 3.42. The molecular weight excluding hydrogens is 265 g/mol. The molecule has 0 unspecified atom stereocenters. The summed E-state index contributed by atoms with van der Waals surface area (Å²) in [5.41, 5.74) is 1.05. The van der Waals surface area contributed by atoms with Gasteiger partial charge in [-0.15, -0.1) is 0 Å². The second kappa shape index (κ2) is 4.49. The summed E-state index contributed by atoms with van der Waals surface area (Å²) in [4.78, 5) is 4.13. The van der Waals surface area contributed by atoms with E-state index in [0.29, 0.717) is 11.0 Å². The maximum atomic E-state index is 5.79. The van der Waals surface area contributed by atoms with Gasteiger partial charge < -0.3 is 4.74 Å². The van der Waals surface area contributed by atoms with Crippen molar-refractivity contribution in [2.75, 3.05) is 12.4 Å². The number of alkyl halides is 1. The van der Waals surface area contributed by atoms with Gasteiger partial charge in [-0.25, -0.2) is 4.98 Å². The average molecular weight is 279 g/mol. The number of pyridine rings is 1. The van der Waals surface area contributed by atoms with Gasteiger partial charge in [-0.05, 0) is 6.07 Å². The normalized spacial score (nSPS) is 11.5. The first-order valence-electron chi connectivity index (χ1n) is 4.28. The standard InChI is InChI=1S/C10H13BrClNO/c1-10(2,6-11)7-4-5-8(12)13-9(7)14-3/h4-5H,6H2,1-3H3. The van der Waals surface area contributed by atoms with Crippen molar-refractivity contribution in [1.29, 1.82) is 0 Å². The number of rotatable bonds is 3. The zero-order valence-electron chi connectivity index (χ0n) is 8.47. The lowest BCUT2D eigenvalue weighted by Crippen LogP contribution is -2.20. The molecule has 0 fully saturated rings. The van der Waals surface area contributed by atoms with E-state index in [1.54, 1.807) is 13.2 Å². The molecule has 0 saturated carbocycles. The van der Waals surface area contributed by atoms with Crippen LogP contribution >= 0.6 is 27.5 Å². The molecule has 0 aromatic carbocycles. The summed E-state index contributed by atoms with van der Waals surface area (Å²) in [5, 5.41) is 1.30. The summed E-state index contributed by atoms with van der Waals surface area (Å²) in [6, 6.07) is 3.74. The number of aromatic nitrogens is 1. The van der Waals surface area contributed by atoms with Crippen molar-refractivity contribution in [1.82, 2.24) is 4.98 Å². The van der Waals surface area contributed by atoms with Crippen LogP contribution in [-0.2, 0) is 5.41 Å². The van der Waals surface area contributed by atoms with Crippen molar-refractivity contribution in [3.05, 3.63) is 22.8 Å². The molecule has 0 N–H and O–H groups in total. The molecule has 2 nitrogen and oxygen atoms in total. The first-order valence-corrected chi connectivity index (χ1v) is 5.78. The topological polar surface area (TPSA) is 22.1 Å². The van der Waals surface area contributed by atoms with Gasteiger partial charge in [-0.1, -0.05) is 47.4 Å². The number of ether oxygens (including phenoxy) is 1. The van der Waals surface area contributed by atoms with Gasteiger partial charge >= 0.3 is 0 Å². The molecule has 0 aliphatic carbocycles. The number of halogens is 2. The van der Waals surface area contributed by atoms with E-state index >= 15 is 0 Å². The Morgan fingerprint density at radius 3 is 2.64 bits per heavy atom. The Bertz CT molecular complexity index is 328. The smallest absolute Gasteiger partial charge is 0.218 e. The van der Waals surface area contributed by atoms with Crippen LogP contribution in [0.2, 0.25) is 5.15 Å². The Morgan fingerprint density at radius 1 is 1.50 bits per heavy atom. The number of hydrogen-bond acceptors (Lipinski definition) is 2. The summed E-state index contributed by atoms with van der Waals surface area (Å²) in [5.74, 6) is 0.599. The second-order valence-electron chi connectivity index (χ2n) is 3.71. The Labute approximate surface area is 97.8 Å². The van der Waals surface area contributed by atoms with Crippen molar-refractivity contribution in [3.8, 4) is 5.88 Å². The number of methoxy groups -OCH3 is 1. The zero-order valence-corrected chi connectivity index (χ0v) is 10.8. The maximum absolute atomic E-state index is 5.79. The maximum Gasteiger partial charge on any atom is 0.218 e. The SMILES string of the molecule is COc1nc(Cl)ccc1C(C)(C)CBr. The minimum absolute atomic E-state index is 0.0110. The Morgan fingerprint density at radius 2 is 2.14 bits per heavy atom. The molecule has 0 spiro atoms. The molecule has 0 aliphatic rings. The molecule has 78 valence electrons. The lowest BCUT2D eigenvalue weighted by molar-refractivity contribution is 0.382. The van der Waals surface area contributed by atoms with Crippen molar-refractivity contribution < 1.29 is 4.74 Å². The molecule has 1 aromatic heterocycles. The van der Waals surface area contributed by atoms with Crippen LogP contribution in [-0.4, -0.2) is 17.4 Å². The van der Waals surface area contributed by atoms with E-state index in [1.165, 1.54) is 0 Å². The van der Waals surface area contributed by atoms with E-state index in [-0.39, 0.29) is 5.41 Å². The van der Waals surface area contributed by atoms with Crippen molar-refractivity contribution in [2.45, 2.75) is 19.3 Å². The molecule has 0 atom stereocenters. The Balaban J connectivity index is 3.20. The van der Waals surface area contributed by atoms with E-state index in [0.717, 1.165) is 10.9 Å². The first-order chi connectivity index (χ1) is 6.51. The second-order valence-corrected chi connectivity index (χ2v) is 4.66. The van der Waals surface area contributed by atoms with Crippen molar-refractivity contribution in [2.24, 2.45) is 0 Å². The highest BCUT2D eigenvalue weighted by molar-refractivity contribution is 9.09. The molecule has 0 radical (unpaired) electrons. The third-order valence-electron chi connectivity index (χ3n) is 2.08. The largest absolute Gasteiger partial charge is 0.481 e. The lowest BCUT2D eigenvalue weighted by atomic mass is 9.88. The van der Waals surface area contributed by atoms with Gasteiger partial charge in [-0.3, -0.25) is 0 Å². The molecule has 14 heavy (non-hydrogen) atoms. The monoisotopic (exact) mass is 277 g/mol. The van der Waals surface area contributed by atoms with E-state index < -0.39 is 0 Å². The van der Waals surface area contributed by atoms with E-state index in [1.807, 2.05) is 6.07 Å². The van der Waals surface area contributed by atoms with E-state index in [2.05, 4.69) is 34.8 Å². The van der Waals surface area contributed by atoms with Crippen LogP contribution in [0.4, 0.5) is 0 Å². The molecule has 0 amide bonds. The molecule has 0 aliphatic heterocycles. The molecule has 0 saturated heterocycles. The van der Waals surface area contributed by atoms with Crippen LogP contribution < -0.4 is 4.74 Å². The van der Waals surface area contributed by atoms with Gasteiger partial charge in [-0.2, -0.15) is 0 Å². The zero-order chi connectivity index (χ0) is 10.8. The van der Waals surface area contributed by atoms with Crippen LogP contribution in [0.5, 0.6) is 5.88 Å². The molecule has 4 heteroatoms. The third-order valence-corrected chi connectivity index (χ3v) is 3.70. The van der Waals surface area contributed by atoms with Gasteiger partial charge in [0.05, 0.1) is 7.11 Å². The summed E-state index contributed by atoms with van der Waals surface area (Å²) < 4.78 is 5.20. The van der Waals surface area contributed by atoms with Gasteiger partial charge in [0, 0.05) is 16.3 Å². The van der Waals surface area contributed by atoms with Crippen molar-refractivity contribution >= 4 is 27.5 Å². The molecular formula is C10H13BrClNO. The quantitative estimate of drug-likeness (QED) is 0.624. The minimum atomic E-state index is -0.0110. The van der Waals surface area contributed by atoms with Crippen LogP contribution in [0.15, 0.2) is 12.1 Å². The van der Waals surface area contributed by atoms with Gasteiger partial charge in [0.2, 0.25) is 5.88 Å². The van der Waals surface area contributed by atoms with Crippen LogP contribution in [0, 0.1) is 0 Å². The number of nitrogens with zero attached hydrogens (tertiary/aromatic N) is 1. The fourth-order valence-corrected chi connectivity index (χ4v) is 1.60. The highest BCUT2D eigenvalue weighted by Crippen LogP contribution is 2.32. The summed E-state index contributed by atoms with van der Waals surface area (Å²) >= 11 is 9.26. The van der Waals surface area contributed by atoms with E-state index in [4.69, 9.17) is 16.3 Å². The summed E-state index contributed by atoms with van der Waals surface area (Å²) in [7, 11) is 1.60. The highest BCUT2D eigenvalue weighted by atomic mass is 79.9. The van der Waals surface area contributed by atoms with Crippen LogP contribution in [0.25, 0.3) is 0 Å². The summed E-state index contributed by atoms with van der Waals surface area (Å²) in [6.45, 7) is 4.24. The lowest BCUT2D eigenvalue weighted by Gasteiger charge is -2.23. The number of hydrogen-bond donors (Lipinski definition) is 0. The fourth-order valence-electron chi connectivity index (χ4n) is 1.16. The molecule has 1 rings (SSSR count). The van der Waals surface area contributed by atoms with Crippen LogP contribution in [0.3, 0.4) is 0 Å². The Hall–Kier alpha value is -0.280. The van der Waals surface area contributed by atoms with Gasteiger partial charge in [0.15, 0.2) is 0 Å². The predicted molar refractivity (Wildman–Crippen MR) is 62.6 cm³/mol. The fraction of sp³-hybridized carbons (Fsp3) is 0.500. The minimum Gasteiger partial charge on any atom is -0.481 e.